The lowest BCUT2D eigenvalue weighted by atomic mass is 10.2. The highest BCUT2D eigenvalue weighted by Gasteiger charge is 2.38. The smallest absolute Gasteiger partial charge is 0.394 e. The van der Waals surface area contributed by atoms with Crippen LogP contribution in [0.3, 0.4) is 0 Å². The SMILES string of the molecule is O=C(NCCCCC#Cc1cn([C@@H]2O[C@H](CO)C[C@H]2O)c(=O)[nH]c1=O)C(F)(F)F. The minimum Gasteiger partial charge on any atom is -0.394 e. The van der Waals surface area contributed by atoms with Crippen LogP contribution in [0.2, 0.25) is 0 Å². The summed E-state index contributed by atoms with van der Waals surface area (Å²) in [5.41, 5.74) is -1.59. The molecule has 2 heterocycles. The number of aliphatic hydroxyl groups excluding tert-OH is 2. The molecule has 1 aromatic heterocycles. The molecule has 2 rings (SSSR count). The number of aromatic nitrogens is 2. The minimum atomic E-state index is -4.92. The maximum atomic E-state index is 12.0. The van der Waals surface area contributed by atoms with Crippen LogP contribution in [0.5, 0.6) is 0 Å². The Morgan fingerprint density at radius 2 is 2.10 bits per heavy atom. The van der Waals surface area contributed by atoms with E-state index in [-0.39, 0.29) is 38.0 Å². The molecule has 1 aliphatic heterocycles. The Labute approximate surface area is 162 Å². The monoisotopic (exact) mass is 419 g/mol. The van der Waals surface area contributed by atoms with Crippen molar-refractivity contribution in [2.75, 3.05) is 13.2 Å². The average Bonchev–Trinajstić information content (AvgIpc) is 3.02. The van der Waals surface area contributed by atoms with Crippen molar-refractivity contribution in [3.63, 3.8) is 0 Å². The fourth-order valence-electron chi connectivity index (χ4n) is 2.66. The van der Waals surface area contributed by atoms with Crippen LogP contribution in [0.1, 0.15) is 37.5 Å². The molecule has 12 heteroatoms. The third-order valence-corrected chi connectivity index (χ3v) is 4.11. The summed E-state index contributed by atoms with van der Waals surface area (Å²) in [5.74, 6) is 3.22. The van der Waals surface area contributed by atoms with E-state index in [0.29, 0.717) is 6.42 Å². The molecule has 0 radical (unpaired) electrons. The van der Waals surface area contributed by atoms with Crippen LogP contribution in [-0.2, 0) is 9.53 Å². The molecule has 0 bridgehead atoms. The normalized spacial score (nSPS) is 21.5. The Kier molecular flexibility index (Phi) is 7.60. The van der Waals surface area contributed by atoms with Gasteiger partial charge in [-0.1, -0.05) is 11.8 Å². The minimum absolute atomic E-state index is 0.0572. The first-order valence-corrected chi connectivity index (χ1v) is 8.77. The van der Waals surface area contributed by atoms with E-state index in [0.717, 1.165) is 10.8 Å². The number of nitrogens with zero attached hydrogens (tertiary/aromatic N) is 1. The van der Waals surface area contributed by atoms with Gasteiger partial charge in [0.1, 0.15) is 11.7 Å². The van der Waals surface area contributed by atoms with Crippen molar-refractivity contribution in [3.05, 3.63) is 32.6 Å². The van der Waals surface area contributed by atoms with Gasteiger partial charge >= 0.3 is 17.8 Å². The van der Waals surface area contributed by atoms with Gasteiger partial charge in [0.25, 0.3) is 5.56 Å². The Morgan fingerprint density at radius 1 is 1.38 bits per heavy atom. The molecule has 1 saturated heterocycles. The lowest BCUT2D eigenvalue weighted by Crippen LogP contribution is -2.37. The summed E-state index contributed by atoms with van der Waals surface area (Å²) in [6.45, 7) is -0.490. The van der Waals surface area contributed by atoms with E-state index in [4.69, 9.17) is 9.84 Å². The third kappa shape index (κ3) is 6.18. The first-order valence-electron chi connectivity index (χ1n) is 8.77. The number of hydrogen-bond acceptors (Lipinski definition) is 6. The first-order chi connectivity index (χ1) is 13.6. The number of alkyl halides is 3. The average molecular weight is 419 g/mol. The van der Waals surface area contributed by atoms with Crippen molar-refractivity contribution in [2.45, 2.75) is 50.3 Å². The number of aromatic amines is 1. The Hall–Kier alpha value is -2.62. The predicted molar refractivity (Wildman–Crippen MR) is 92.7 cm³/mol. The number of amides is 1. The number of H-pyrrole nitrogens is 1. The predicted octanol–water partition coefficient (Wildman–Crippen LogP) is -0.622. The van der Waals surface area contributed by atoms with Crippen LogP contribution in [0, 0.1) is 11.8 Å². The molecule has 0 unspecified atom stereocenters. The molecule has 29 heavy (non-hydrogen) atoms. The van der Waals surface area contributed by atoms with E-state index < -0.39 is 41.8 Å². The van der Waals surface area contributed by atoms with Gasteiger partial charge in [-0.3, -0.25) is 19.1 Å². The highest BCUT2D eigenvalue weighted by atomic mass is 19.4. The van der Waals surface area contributed by atoms with Gasteiger partial charge in [-0.15, -0.1) is 0 Å². The highest BCUT2D eigenvalue weighted by Crippen LogP contribution is 2.27. The van der Waals surface area contributed by atoms with Gasteiger partial charge in [-0.25, -0.2) is 4.79 Å². The summed E-state index contributed by atoms with van der Waals surface area (Å²) in [7, 11) is 0. The molecule has 4 N–H and O–H groups in total. The molecule has 0 aromatic carbocycles. The molecular weight excluding hydrogens is 399 g/mol. The maximum Gasteiger partial charge on any atom is 0.471 e. The van der Waals surface area contributed by atoms with Gasteiger partial charge in [-0.05, 0) is 12.8 Å². The first kappa shape index (κ1) is 22.7. The number of unbranched alkanes of at least 4 members (excludes halogenated alkanes) is 2. The molecule has 0 aliphatic carbocycles. The fraction of sp³-hybridized carbons (Fsp3) is 0.588. The van der Waals surface area contributed by atoms with Crippen LogP contribution < -0.4 is 16.6 Å². The Bertz CT molecular complexity index is 899. The van der Waals surface area contributed by atoms with Gasteiger partial charge < -0.3 is 20.3 Å². The molecule has 0 saturated carbocycles. The van der Waals surface area contributed by atoms with Gasteiger partial charge in [0, 0.05) is 25.6 Å². The number of halogens is 3. The Morgan fingerprint density at radius 3 is 2.72 bits per heavy atom. The van der Waals surface area contributed by atoms with Crippen molar-refractivity contribution in [1.29, 1.82) is 0 Å². The maximum absolute atomic E-state index is 12.0. The van der Waals surface area contributed by atoms with Gasteiger partial charge in [0.05, 0.1) is 12.7 Å². The summed E-state index contributed by atoms with van der Waals surface area (Å²) >= 11 is 0. The van der Waals surface area contributed by atoms with Crippen LogP contribution >= 0.6 is 0 Å². The zero-order chi connectivity index (χ0) is 21.6. The number of aliphatic hydroxyl groups is 2. The second kappa shape index (κ2) is 9.73. The number of nitrogens with one attached hydrogen (secondary N) is 2. The summed E-state index contributed by atoms with van der Waals surface area (Å²) in [5, 5.41) is 20.8. The van der Waals surface area contributed by atoms with Crippen molar-refractivity contribution >= 4 is 5.91 Å². The molecule has 1 aromatic rings. The number of carbonyl (C=O) groups excluding carboxylic acids is 1. The molecule has 1 amide bonds. The van der Waals surface area contributed by atoms with Crippen LogP contribution in [0.4, 0.5) is 13.2 Å². The Balaban J connectivity index is 1.94. The van der Waals surface area contributed by atoms with Gasteiger partial charge in [-0.2, -0.15) is 13.2 Å². The summed E-state index contributed by atoms with van der Waals surface area (Å²) in [6.07, 6.45) is -5.53. The largest absolute Gasteiger partial charge is 0.471 e. The zero-order valence-corrected chi connectivity index (χ0v) is 15.2. The molecule has 0 spiro atoms. The second-order valence-electron chi connectivity index (χ2n) is 6.36. The highest BCUT2D eigenvalue weighted by molar-refractivity contribution is 5.81. The van der Waals surface area contributed by atoms with E-state index in [9.17, 15) is 32.7 Å². The molecular formula is C17H20F3N3O6. The summed E-state index contributed by atoms with van der Waals surface area (Å²) in [4.78, 5) is 36.6. The lowest BCUT2D eigenvalue weighted by Gasteiger charge is -2.17. The van der Waals surface area contributed by atoms with E-state index >= 15 is 0 Å². The van der Waals surface area contributed by atoms with Crippen molar-refractivity contribution < 1.29 is 32.9 Å². The molecule has 3 atom stereocenters. The van der Waals surface area contributed by atoms with Crippen LogP contribution in [0.25, 0.3) is 0 Å². The summed E-state index contributed by atoms with van der Waals surface area (Å²) in [6, 6.07) is 0. The van der Waals surface area contributed by atoms with Crippen LogP contribution in [0.15, 0.2) is 15.8 Å². The molecule has 9 nitrogen and oxygen atoms in total. The van der Waals surface area contributed by atoms with Crippen molar-refractivity contribution in [1.82, 2.24) is 14.9 Å². The second-order valence-corrected chi connectivity index (χ2v) is 6.36. The van der Waals surface area contributed by atoms with E-state index in [2.05, 4.69) is 16.8 Å². The third-order valence-electron chi connectivity index (χ3n) is 4.11. The van der Waals surface area contributed by atoms with Crippen molar-refractivity contribution in [2.24, 2.45) is 0 Å². The van der Waals surface area contributed by atoms with E-state index in [1.807, 2.05) is 0 Å². The number of carbonyl (C=O) groups is 1. The van der Waals surface area contributed by atoms with E-state index in [1.165, 1.54) is 0 Å². The van der Waals surface area contributed by atoms with Gasteiger partial charge in [0.2, 0.25) is 0 Å². The fourth-order valence-corrected chi connectivity index (χ4v) is 2.66. The number of rotatable bonds is 6. The molecule has 1 fully saturated rings. The number of hydrogen-bond donors (Lipinski definition) is 4. The van der Waals surface area contributed by atoms with Crippen molar-refractivity contribution in [3.8, 4) is 11.8 Å². The lowest BCUT2D eigenvalue weighted by molar-refractivity contribution is -0.173. The molecule has 1 aliphatic rings. The summed E-state index contributed by atoms with van der Waals surface area (Å²) < 4.78 is 42.4. The standard InChI is InChI=1S/C17H20F3N3O6/c18-17(19,20)15(27)21-6-4-2-1-3-5-10-8-23(16(28)22-13(10)26)14-12(25)7-11(9-24)29-14/h8,11-12,14,24-25H,1-2,4,6-7,9H2,(H,21,27)(H,22,26,28)/t11-,12+,14+/m0/s1. The van der Waals surface area contributed by atoms with Crippen LogP contribution in [-0.4, -0.2) is 57.2 Å². The topological polar surface area (TPSA) is 134 Å². The quantitative estimate of drug-likeness (QED) is 0.359. The molecule has 160 valence electrons. The van der Waals surface area contributed by atoms with Gasteiger partial charge in [0.15, 0.2) is 6.23 Å². The zero-order valence-electron chi connectivity index (χ0n) is 15.2. The van der Waals surface area contributed by atoms with E-state index in [1.54, 1.807) is 5.32 Å². The number of ether oxygens (including phenoxy) is 1.